The second-order valence-corrected chi connectivity index (χ2v) is 3.18. The van der Waals surface area contributed by atoms with Crippen molar-refractivity contribution in [3.05, 3.63) is 28.8 Å². The van der Waals surface area contributed by atoms with Crippen LogP contribution in [0.3, 0.4) is 0 Å². The van der Waals surface area contributed by atoms with E-state index in [0.29, 0.717) is 6.07 Å². The maximum absolute atomic E-state index is 12.6. The number of carboxylic acids is 1. The Bertz CT molecular complexity index is 424. The lowest BCUT2D eigenvalue weighted by Gasteiger charge is -2.14. The molecule has 0 aliphatic rings. The molecule has 0 aliphatic carbocycles. The van der Waals surface area contributed by atoms with Gasteiger partial charge >= 0.3 is 12.1 Å². The summed E-state index contributed by atoms with van der Waals surface area (Å²) < 4.78 is 42.4. The van der Waals surface area contributed by atoms with Crippen LogP contribution >= 0.6 is 0 Å². The number of carbonyl (C=O) groups is 1. The Morgan fingerprint density at radius 3 is 2.31 bits per heavy atom. The van der Waals surface area contributed by atoms with Gasteiger partial charge in [-0.15, -0.1) is 0 Å². The van der Waals surface area contributed by atoms with Crippen molar-refractivity contribution >= 4 is 5.97 Å². The summed E-state index contributed by atoms with van der Waals surface area (Å²) in [5.74, 6) is -1.76. The quantitative estimate of drug-likeness (QED) is 0.855. The minimum absolute atomic E-state index is 0.134. The number of rotatable bonds is 2. The molecule has 0 atom stereocenters. The predicted octanol–water partition coefficient (Wildman–Crippen LogP) is 2.72. The van der Waals surface area contributed by atoms with E-state index >= 15 is 0 Å². The molecule has 1 N–H and O–H groups in total. The zero-order chi connectivity index (χ0) is 12.5. The highest BCUT2D eigenvalue weighted by Crippen LogP contribution is 2.38. The summed E-state index contributed by atoms with van der Waals surface area (Å²) in [6.45, 7) is 1.36. The predicted molar refractivity (Wildman–Crippen MR) is 49.7 cm³/mol. The molecule has 1 aromatic rings. The SMILES string of the molecule is COc1c(C)cc(C(=O)O)cc1C(F)(F)F. The number of carboxylic acid groups (broad SMARTS) is 1. The minimum Gasteiger partial charge on any atom is -0.496 e. The Morgan fingerprint density at radius 1 is 1.38 bits per heavy atom. The topological polar surface area (TPSA) is 46.5 Å². The van der Waals surface area contributed by atoms with Crippen LogP contribution in [0.1, 0.15) is 21.5 Å². The van der Waals surface area contributed by atoms with E-state index < -0.39 is 23.3 Å². The Kier molecular flexibility index (Phi) is 3.11. The Morgan fingerprint density at radius 2 is 1.94 bits per heavy atom. The molecule has 16 heavy (non-hydrogen) atoms. The van der Waals surface area contributed by atoms with E-state index in [-0.39, 0.29) is 11.3 Å². The van der Waals surface area contributed by atoms with Crippen molar-refractivity contribution < 1.29 is 27.8 Å². The van der Waals surface area contributed by atoms with Gasteiger partial charge in [0.05, 0.1) is 18.2 Å². The van der Waals surface area contributed by atoms with Gasteiger partial charge in [0.1, 0.15) is 5.75 Å². The zero-order valence-corrected chi connectivity index (χ0v) is 8.55. The highest BCUT2D eigenvalue weighted by Gasteiger charge is 2.35. The van der Waals surface area contributed by atoms with Crippen molar-refractivity contribution in [2.75, 3.05) is 7.11 Å². The normalized spacial score (nSPS) is 11.3. The number of aryl methyl sites for hydroxylation is 1. The Balaban J connectivity index is 3.49. The van der Waals surface area contributed by atoms with Gasteiger partial charge in [0.15, 0.2) is 0 Å². The largest absolute Gasteiger partial charge is 0.496 e. The molecule has 0 aliphatic heterocycles. The number of alkyl halides is 3. The number of hydrogen-bond donors (Lipinski definition) is 1. The van der Waals surface area contributed by atoms with Crippen LogP contribution in [0.4, 0.5) is 13.2 Å². The lowest BCUT2D eigenvalue weighted by atomic mass is 10.0. The molecule has 88 valence electrons. The number of hydrogen-bond acceptors (Lipinski definition) is 2. The molecule has 0 bridgehead atoms. The maximum Gasteiger partial charge on any atom is 0.419 e. The van der Waals surface area contributed by atoms with E-state index in [9.17, 15) is 18.0 Å². The van der Waals surface area contributed by atoms with Gasteiger partial charge in [-0.2, -0.15) is 13.2 Å². The van der Waals surface area contributed by atoms with Crippen LogP contribution in [0.5, 0.6) is 5.75 Å². The first-order valence-electron chi connectivity index (χ1n) is 4.26. The van der Waals surface area contributed by atoms with E-state index in [2.05, 4.69) is 4.74 Å². The van der Waals surface area contributed by atoms with E-state index in [0.717, 1.165) is 13.2 Å². The third kappa shape index (κ3) is 2.26. The van der Waals surface area contributed by atoms with E-state index in [4.69, 9.17) is 5.11 Å². The molecular formula is C10H9F3O3. The molecule has 0 amide bonds. The molecule has 0 heterocycles. The number of ether oxygens (including phenoxy) is 1. The van der Waals surface area contributed by atoms with Gasteiger partial charge in [0.2, 0.25) is 0 Å². The molecule has 1 rings (SSSR count). The summed E-state index contributed by atoms with van der Waals surface area (Å²) in [6, 6.07) is 1.70. The van der Waals surface area contributed by atoms with Crippen LogP contribution < -0.4 is 4.74 Å². The highest BCUT2D eigenvalue weighted by atomic mass is 19.4. The van der Waals surface area contributed by atoms with Crippen LogP contribution in [0.25, 0.3) is 0 Å². The van der Waals surface area contributed by atoms with Crippen LogP contribution in [0.15, 0.2) is 12.1 Å². The average molecular weight is 234 g/mol. The van der Waals surface area contributed by atoms with Crippen molar-refractivity contribution in [3.8, 4) is 5.75 Å². The van der Waals surface area contributed by atoms with Gasteiger partial charge < -0.3 is 9.84 Å². The molecule has 0 spiro atoms. The number of aromatic carboxylic acids is 1. The number of halogens is 3. The fourth-order valence-electron chi connectivity index (χ4n) is 1.38. The fourth-order valence-corrected chi connectivity index (χ4v) is 1.38. The van der Waals surface area contributed by atoms with Gasteiger partial charge in [-0.1, -0.05) is 0 Å². The Hall–Kier alpha value is -1.72. The molecule has 0 fully saturated rings. The van der Waals surface area contributed by atoms with Crippen molar-refractivity contribution in [2.24, 2.45) is 0 Å². The summed E-state index contributed by atoms with van der Waals surface area (Å²) in [5.41, 5.74) is -1.35. The average Bonchev–Trinajstić information content (AvgIpc) is 2.14. The molecule has 1 aromatic carbocycles. The van der Waals surface area contributed by atoms with E-state index in [1.54, 1.807) is 0 Å². The molecule has 3 nitrogen and oxygen atoms in total. The number of methoxy groups -OCH3 is 1. The van der Waals surface area contributed by atoms with Gasteiger partial charge in [-0.05, 0) is 24.6 Å². The lowest BCUT2D eigenvalue weighted by molar-refractivity contribution is -0.138. The first-order chi connectivity index (χ1) is 7.27. The lowest BCUT2D eigenvalue weighted by Crippen LogP contribution is -2.11. The third-order valence-corrected chi connectivity index (χ3v) is 2.03. The molecule has 0 saturated carbocycles. The Labute approximate surface area is 89.5 Å². The zero-order valence-electron chi connectivity index (χ0n) is 8.55. The van der Waals surface area contributed by atoms with Crippen LogP contribution in [0.2, 0.25) is 0 Å². The maximum atomic E-state index is 12.6. The van der Waals surface area contributed by atoms with Crippen LogP contribution in [-0.4, -0.2) is 18.2 Å². The standard InChI is InChI=1S/C10H9F3O3/c1-5-3-6(9(14)15)4-7(8(5)16-2)10(11,12)13/h3-4H,1-2H3,(H,14,15). The molecule has 0 aromatic heterocycles. The van der Waals surface area contributed by atoms with Gasteiger partial charge in [0, 0.05) is 0 Å². The first kappa shape index (κ1) is 12.4. The summed E-state index contributed by atoms with van der Waals surface area (Å²) in [7, 11) is 1.11. The number of benzene rings is 1. The summed E-state index contributed by atoms with van der Waals surface area (Å²) in [6.07, 6.45) is -4.64. The second kappa shape index (κ2) is 4.03. The fraction of sp³-hybridized carbons (Fsp3) is 0.300. The van der Waals surface area contributed by atoms with Gasteiger partial charge in [0.25, 0.3) is 0 Å². The van der Waals surface area contributed by atoms with Crippen LogP contribution in [0, 0.1) is 6.92 Å². The summed E-state index contributed by atoms with van der Waals surface area (Å²) >= 11 is 0. The smallest absolute Gasteiger partial charge is 0.419 e. The van der Waals surface area contributed by atoms with E-state index in [1.165, 1.54) is 6.92 Å². The van der Waals surface area contributed by atoms with Crippen LogP contribution in [-0.2, 0) is 6.18 Å². The van der Waals surface area contributed by atoms with Crippen molar-refractivity contribution in [2.45, 2.75) is 13.1 Å². The van der Waals surface area contributed by atoms with Crippen molar-refractivity contribution in [1.82, 2.24) is 0 Å². The third-order valence-electron chi connectivity index (χ3n) is 2.03. The second-order valence-electron chi connectivity index (χ2n) is 3.18. The van der Waals surface area contributed by atoms with Crippen molar-refractivity contribution in [3.63, 3.8) is 0 Å². The molecule has 6 heteroatoms. The summed E-state index contributed by atoms with van der Waals surface area (Å²) in [5, 5.41) is 8.65. The van der Waals surface area contributed by atoms with Crippen molar-refractivity contribution in [1.29, 1.82) is 0 Å². The molecule has 0 unspecified atom stereocenters. The first-order valence-corrected chi connectivity index (χ1v) is 4.26. The minimum atomic E-state index is -4.64. The monoisotopic (exact) mass is 234 g/mol. The molecule has 0 radical (unpaired) electrons. The molecular weight excluding hydrogens is 225 g/mol. The highest BCUT2D eigenvalue weighted by molar-refractivity contribution is 5.88. The molecule has 0 saturated heterocycles. The van der Waals surface area contributed by atoms with Gasteiger partial charge in [-0.25, -0.2) is 4.79 Å². The van der Waals surface area contributed by atoms with Gasteiger partial charge in [-0.3, -0.25) is 0 Å². The van der Waals surface area contributed by atoms with E-state index in [1.807, 2.05) is 0 Å². The summed E-state index contributed by atoms with van der Waals surface area (Å²) in [4.78, 5) is 10.6.